The second kappa shape index (κ2) is 6.30. The summed E-state index contributed by atoms with van der Waals surface area (Å²) < 4.78 is 5.81. The maximum atomic E-state index is 10.0. The van der Waals surface area contributed by atoms with Crippen LogP contribution in [0.1, 0.15) is 45.4 Å². The first kappa shape index (κ1) is 14.8. The Morgan fingerprint density at radius 2 is 2.05 bits per heavy atom. The van der Waals surface area contributed by atoms with E-state index in [0.717, 1.165) is 26.2 Å². The van der Waals surface area contributed by atoms with E-state index in [1.54, 1.807) is 0 Å². The van der Waals surface area contributed by atoms with E-state index < -0.39 is 0 Å². The second-order valence-electron chi connectivity index (χ2n) is 6.96. The minimum Gasteiger partial charge on any atom is -0.394 e. The number of nitrogens with one attached hydrogen (secondary N) is 1. The summed E-state index contributed by atoms with van der Waals surface area (Å²) in [6.45, 7) is 6.36. The molecule has 2 unspecified atom stereocenters. The van der Waals surface area contributed by atoms with Crippen molar-refractivity contribution in [2.45, 2.75) is 63.1 Å². The Morgan fingerprint density at radius 1 is 1.25 bits per heavy atom. The van der Waals surface area contributed by atoms with Crippen molar-refractivity contribution in [3.63, 3.8) is 0 Å². The molecule has 0 bridgehead atoms. The van der Waals surface area contributed by atoms with Crippen molar-refractivity contribution in [1.29, 1.82) is 0 Å². The summed E-state index contributed by atoms with van der Waals surface area (Å²) in [5.41, 5.74) is -0.0464. The lowest BCUT2D eigenvalue weighted by molar-refractivity contribution is -0.0101. The van der Waals surface area contributed by atoms with Crippen molar-refractivity contribution >= 4 is 0 Å². The molecule has 4 heteroatoms. The molecule has 3 aliphatic rings. The Kier molecular flexibility index (Phi) is 4.65. The van der Waals surface area contributed by atoms with Crippen LogP contribution in [0.25, 0.3) is 0 Å². The largest absolute Gasteiger partial charge is 0.394 e. The highest BCUT2D eigenvalue weighted by Crippen LogP contribution is 2.42. The molecule has 0 aromatic carbocycles. The van der Waals surface area contributed by atoms with Crippen molar-refractivity contribution in [1.82, 2.24) is 10.2 Å². The van der Waals surface area contributed by atoms with Crippen molar-refractivity contribution < 1.29 is 9.84 Å². The van der Waals surface area contributed by atoms with Crippen LogP contribution in [-0.2, 0) is 4.74 Å². The molecule has 0 aromatic rings. The van der Waals surface area contributed by atoms with Crippen LogP contribution >= 0.6 is 0 Å². The summed E-state index contributed by atoms with van der Waals surface area (Å²) in [7, 11) is 0. The number of hydrogen-bond acceptors (Lipinski definition) is 4. The topological polar surface area (TPSA) is 44.7 Å². The Labute approximate surface area is 122 Å². The first-order chi connectivity index (χ1) is 9.75. The number of rotatable bonds is 8. The summed E-state index contributed by atoms with van der Waals surface area (Å²) in [5, 5.41) is 13.8. The first-order valence-electron chi connectivity index (χ1n) is 8.48. The van der Waals surface area contributed by atoms with Crippen LogP contribution in [0.15, 0.2) is 0 Å². The summed E-state index contributed by atoms with van der Waals surface area (Å²) in [6, 6.07) is 0.662. The smallest absolute Gasteiger partial charge is 0.0702 e. The van der Waals surface area contributed by atoms with E-state index >= 15 is 0 Å². The van der Waals surface area contributed by atoms with Crippen LogP contribution < -0.4 is 5.32 Å². The van der Waals surface area contributed by atoms with Gasteiger partial charge in [-0.1, -0.05) is 0 Å². The molecular formula is C16H30N2O2. The average Bonchev–Trinajstić information content (AvgIpc) is 3.32. The highest BCUT2D eigenvalue weighted by atomic mass is 16.5. The van der Waals surface area contributed by atoms with Crippen LogP contribution in [0.2, 0.25) is 0 Å². The zero-order valence-corrected chi connectivity index (χ0v) is 12.8. The van der Waals surface area contributed by atoms with Gasteiger partial charge in [-0.25, -0.2) is 0 Å². The summed E-state index contributed by atoms with van der Waals surface area (Å²) in [6.07, 6.45) is 7.94. The van der Waals surface area contributed by atoms with Gasteiger partial charge >= 0.3 is 0 Å². The third-order valence-corrected chi connectivity index (χ3v) is 5.08. The monoisotopic (exact) mass is 282 g/mol. The highest BCUT2D eigenvalue weighted by molar-refractivity contribution is 5.06. The quantitative estimate of drug-likeness (QED) is 0.706. The molecule has 3 rings (SSSR count). The molecular weight excluding hydrogens is 252 g/mol. The SMILES string of the molecule is CCOC1CCCN(CC(CO)(NC2CC2)C2CC2)C1. The first-order valence-corrected chi connectivity index (χ1v) is 8.48. The van der Waals surface area contributed by atoms with Crippen molar-refractivity contribution in [2.75, 3.05) is 32.8 Å². The second-order valence-corrected chi connectivity index (χ2v) is 6.96. The van der Waals surface area contributed by atoms with E-state index in [-0.39, 0.29) is 12.1 Å². The lowest BCUT2D eigenvalue weighted by atomic mass is 9.91. The molecule has 116 valence electrons. The third-order valence-electron chi connectivity index (χ3n) is 5.08. The summed E-state index contributed by atoms with van der Waals surface area (Å²) in [5.74, 6) is 0.681. The lowest BCUT2D eigenvalue weighted by Crippen LogP contribution is -2.60. The van der Waals surface area contributed by atoms with E-state index in [2.05, 4.69) is 17.1 Å². The standard InChI is InChI=1S/C16H30N2O2/c1-2-20-15-4-3-9-18(10-15)11-16(12-19,13-5-6-13)17-14-7-8-14/h13-15,17,19H,2-12H2,1H3. The molecule has 0 aromatic heterocycles. The van der Waals surface area contributed by atoms with Gasteiger partial charge in [0, 0.05) is 25.7 Å². The average molecular weight is 282 g/mol. The lowest BCUT2D eigenvalue weighted by Gasteiger charge is -2.41. The summed E-state index contributed by atoms with van der Waals surface area (Å²) >= 11 is 0. The number of hydrogen-bond donors (Lipinski definition) is 2. The zero-order chi connectivity index (χ0) is 14.0. The third kappa shape index (κ3) is 3.53. The fraction of sp³-hybridized carbons (Fsp3) is 1.00. The predicted molar refractivity (Wildman–Crippen MR) is 79.8 cm³/mol. The fourth-order valence-electron chi connectivity index (χ4n) is 3.71. The number of ether oxygens (including phenoxy) is 1. The van der Waals surface area contributed by atoms with E-state index in [1.807, 2.05) is 0 Å². The van der Waals surface area contributed by atoms with Gasteiger partial charge in [0.15, 0.2) is 0 Å². The molecule has 1 aliphatic heterocycles. The Bertz CT molecular complexity index is 316. The van der Waals surface area contributed by atoms with Crippen LogP contribution in [0.5, 0.6) is 0 Å². The fourth-order valence-corrected chi connectivity index (χ4v) is 3.71. The minimum atomic E-state index is -0.0464. The zero-order valence-electron chi connectivity index (χ0n) is 12.8. The number of likely N-dealkylation sites (tertiary alicyclic amines) is 1. The van der Waals surface area contributed by atoms with Crippen molar-refractivity contribution in [3.8, 4) is 0 Å². The van der Waals surface area contributed by atoms with Gasteiger partial charge in [0.25, 0.3) is 0 Å². The predicted octanol–water partition coefficient (Wildman–Crippen LogP) is 1.38. The number of aliphatic hydroxyl groups excluding tert-OH is 1. The van der Waals surface area contributed by atoms with Crippen LogP contribution in [0, 0.1) is 5.92 Å². The van der Waals surface area contributed by atoms with Gasteiger partial charge in [-0.15, -0.1) is 0 Å². The number of aliphatic hydroxyl groups is 1. The van der Waals surface area contributed by atoms with E-state index in [9.17, 15) is 5.11 Å². The number of nitrogens with zero attached hydrogens (tertiary/aromatic N) is 1. The van der Waals surface area contributed by atoms with Gasteiger partial charge in [0.05, 0.1) is 18.2 Å². The molecule has 0 radical (unpaired) electrons. The van der Waals surface area contributed by atoms with Crippen molar-refractivity contribution in [3.05, 3.63) is 0 Å². The Hall–Kier alpha value is -0.160. The molecule has 2 aliphatic carbocycles. The molecule has 0 spiro atoms. The van der Waals surface area contributed by atoms with Crippen molar-refractivity contribution in [2.24, 2.45) is 5.92 Å². The molecule has 2 atom stereocenters. The molecule has 2 N–H and O–H groups in total. The minimum absolute atomic E-state index is 0.0464. The van der Waals surface area contributed by atoms with E-state index in [4.69, 9.17) is 4.74 Å². The Balaban J connectivity index is 1.59. The molecule has 0 amide bonds. The molecule has 3 fully saturated rings. The molecule has 1 heterocycles. The molecule has 2 saturated carbocycles. The maximum absolute atomic E-state index is 10.0. The molecule has 4 nitrogen and oxygen atoms in total. The normalized spacial score (nSPS) is 31.2. The van der Waals surface area contributed by atoms with E-state index in [1.165, 1.54) is 38.5 Å². The summed E-state index contributed by atoms with van der Waals surface area (Å²) in [4.78, 5) is 2.52. The maximum Gasteiger partial charge on any atom is 0.0702 e. The molecule has 1 saturated heterocycles. The van der Waals surface area contributed by atoms with Gasteiger partial charge in [-0.3, -0.25) is 4.90 Å². The number of piperidine rings is 1. The van der Waals surface area contributed by atoms with Gasteiger partial charge in [-0.05, 0) is 57.9 Å². The van der Waals surface area contributed by atoms with Crippen LogP contribution in [0.4, 0.5) is 0 Å². The van der Waals surface area contributed by atoms with Gasteiger partial charge in [0.2, 0.25) is 0 Å². The van der Waals surface area contributed by atoms with Gasteiger partial charge < -0.3 is 15.2 Å². The van der Waals surface area contributed by atoms with Gasteiger partial charge in [0.1, 0.15) is 0 Å². The Morgan fingerprint density at radius 3 is 2.65 bits per heavy atom. The van der Waals surface area contributed by atoms with Crippen LogP contribution in [0.3, 0.4) is 0 Å². The highest BCUT2D eigenvalue weighted by Gasteiger charge is 2.48. The molecule has 20 heavy (non-hydrogen) atoms. The van der Waals surface area contributed by atoms with E-state index in [0.29, 0.717) is 18.1 Å². The van der Waals surface area contributed by atoms with Crippen LogP contribution in [-0.4, -0.2) is 60.5 Å². The van der Waals surface area contributed by atoms with Gasteiger partial charge in [-0.2, -0.15) is 0 Å².